The number of fused-ring (bicyclic) bond motifs is 2. The molecule has 2 aliphatic rings. The fourth-order valence-electron chi connectivity index (χ4n) is 3.87. The van der Waals surface area contributed by atoms with Gasteiger partial charge in [-0.05, 0) is 56.9 Å². The van der Waals surface area contributed by atoms with Crippen molar-refractivity contribution in [2.24, 2.45) is 5.92 Å². The van der Waals surface area contributed by atoms with E-state index in [1.54, 1.807) is 0 Å². The van der Waals surface area contributed by atoms with Gasteiger partial charge in [-0.3, -0.25) is 0 Å². The van der Waals surface area contributed by atoms with Crippen LogP contribution in [0.5, 0.6) is 0 Å². The van der Waals surface area contributed by atoms with Gasteiger partial charge in [-0.15, -0.1) is 0 Å². The lowest BCUT2D eigenvalue weighted by Crippen LogP contribution is -2.48. The van der Waals surface area contributed by atoms with Crippen LogP contribution < -0.4 is 0 Å². The van der Waals surface area contributed by atoms with Crippen molar-refractivity contribution >= 4 is 6.29 Å². The monoisotopic (exact) mass is 243 g/mol. The van der Waals surface area contributed by atoms with Gasteiger partial charge >= 0.3 is 0 Å². The molecular formula is C16H21NO. The molecule has 1 unspecified atom stereocenters. The van der Waals surface area contributed by atoms with Gasteiger partial charge in [-0.2, -0.15) is 0 Å². The molecular weight excluding hydrogens is 222 g/mol. The lowest BCUT2D eigenvalue weighted by Gasteiger charge is -2.48. The van der Waals surface area contributed by atoms with Crippen molar-refractivity contribution in [1.29, 1.82) is 0 Å². The molecule has 0 bridgehead atoms. The number of aryl methyl sites for hydroxylation is 1. The summed E-state index contributed by atoms with van der Waals surface area (Å²) in [5.41, 5.74) is 3.06. The Hall–Kier alpha value is -1.15. The maximum Gasteiger partial charge on any atom is 0.123 e. The van der Waals surface area contributed by atoms with Crippen molar-refractivity contribution < 1.29 is 4.79 Å². The Morgan fingerprint density at radius 1 is 1.28 bits per heavy atom. The number of likely N-dealkylation sites (tertiary alicyclic amines) is 1. The van der Waals surface area contributed by atoms with Crippen LogP contribution in [0.4, 0.5) is 0 Å². The molecule has 3 rings (SSSR count). The normalized spacial score (nSPS) is 26.8. The number of piperidine rings is 1. The topological polar surface area (TPSA) is 20.3 Å². The standard InChI is InChI=1S/C16H21NO/c1-17-10-8-16(9-11-17)14(12-18)7-6-13-4-2-3-5-15(13)16/h2-5,12,14H,6-11H2,1H3. The molecule has 1 saturated heterocycles. The van der Waals surface area contributed by atoms with Crippen LogP contribution >= 0.6 is 0 Å². The third-order valence-electron chi connectivity index (χ3n) is 5.03. The Bertz CT molecular complexity index is 446. The molecule has 1 aromatic carbocycles. The van der Waals surface area contributed by atoms with E-state index in [0.29, 0.717) is 0 Å². The molecule has 1 aliphatic carbocycles. The quantitative estimate of drug-likeness (QED) is 0.706. The first-order chi connectivity index (χ1) is 8.76. The Labute approximate surface area is 109 Å². The van der Waals surface area contributed by atoms with Gasteiger partial charge in [0.15, 0.2) is 0 Å². The number of nitrogens with zero attached hydrogens (tertiary/aromatic N) is 1. The van der Waals surface area contributed by atoms with Crippen molar-refractivity contribution in [2.75, 3.05) is 20.1 Å². The third kappa shape index (κ3) is 1.71. The molecule has 0 aromatic heterocycles. The van der Waals surface area contributed by atoms with E-state index in [0.717, 1.165) is 38.8 Å². The summed E-state index contributed by atoms with van der Waals surface area (Å²) in [4.78, 5) is 13.9. The number of aldehydes is 1. The Morgan fingerprint density at radius 2 is 2.00 bits per heavy atom. The first-order valence-corrected chi connectivity index (χ1v) is 6.98. The Kier molecular flexibility index (Phi) is 2.98. The van der Waals surface area contributed by atoms with Crippen molar-refractivity contribution in [3.63, 3.8) is 0 Å². The van der Waals surface area contributed by atoms with E-state index in [-0.39, 0.29) is 11.3 Å². The van der Waals surface area contributed by atoms with E-state index in [2.05, 4.69) is 36.2 Å². The number of hydrogen-bond acceptors (Lipinski definition) is 2. The summed E-state index contributed by atoms with van der Waals surface area (Å²) in [6.45, 7) is 2.22. The minimum Gasteiger partial charge on any atom is -0.306 e. The van der Waals surface area contributed by atoms with E-state index < -0.39 is 0 Å². The van der Waals surface area contributed by atoms with Crippen LogP contribution in [0.3, 0.4) is 0 Å². The molecule has 0 amide bonds. The highest BCUT2D eigenvalue weighted by Gasteiger charge is 2.45. The molecule has 2 heteroatoms. The second-order valence-corrected chi connectivity index (χ2v) is 5.90. The van der Waals surface area contributed by atoms with Gasteiger partial charge in [0.1, 0.15) is 6.29 Å². The zero-order valence-corrected chi connectivity index (χ0v) is 11.1. The smallest absolute Gasteiger partial charge is 0.123 e. The number of hydrogen-bond donors (Lipinski definition) is 0. The van der Waals surface area contributed by atoms with Gasteiger partial charge in [-0.25, -0.2) is 0 Å². The van der Waals surface area contributed by atoms with Gasteiger partial charge in [0.2, 0.25) is 0 Å². The molecule has 0 saturated carbocycles. The summed E-state index contributed by atoms with van der Waals surface area (Å²) in [7, 11) is 2.18. The lowest BCUT2D eigenvalue weighted by atomic mass is 9.59. The van der Waals surface area contributed by atoms with E-state index in [4.69, 9.17) is 0 Å². The van der Waals surface area contributed by atoms with Crippen LogP contribution in [0.1, 0.15) is 30.4 Å². The maximum atomic E-state index is 11.5. The second kappa shape index (κ2) is 4.51. The van der Waals surface area contributed by atoms with Crippen molar-refractivity contribution in [2.45, 2.75) is 31.1 Å². The summed E-state index contributed by atoms with van der Waals surface area (Å²) in [6.07, 6.45) is 5.58. The second-order valence-electron chi connectivity index (χ2n) is 5.90. The van der Waals surface area contributed by atoms with Crippen LogP contribution in [0, 0.1) is 5.92 Å². The molecule has 18 heavy (non-hydrogen) atoms. The largest absolute Gasteiger partial charge is 0.306 e. The molecule has 1 spiro atoms. The van der Waals surface area contributed by atoms with Crippen molar-refractivity contribution in [3.8, 4) is 0 Å². The van der Waals surface area contributed by atoms with Gasteiger partial charge in [0, 0.05) is 11.3 Å². The van der Waals surface area contributed by atoms with E-state index in [1.807, 2.05) is 0 Å². The SMILES string of the molecule is CN1CCC2(CC1)c1ccccc1CCC2C=O. The highest BCUT2D eigenvalue weighted by molar-refractivity contribution is 5.60. The summed E-state index contributed by atoms with van der Waals surface area (Å²) >= 11 is 0. The predicted octanol–water partition coefficient (Wildman–Crippen LogP) is 2.41. The van der Waals surface area contributed by atoms with Crippen LogP contribution in [0.25, 0.3) is 0 Å². The minimum atomic E-state index is 0.128. The molecule has 2 nitrogen and oxygen atoms in total. The average molecular weight is 243 g/mol. The Balaban J connectivity index is 2.05. The molecule has 1 aromatic rings. The van der Waals surface area contributed by atoms with Crippen LogP contribution in [-0.4, -0.2) is 31.3 Å². The van der Waals surface area contributed by atoms with E-state index in [1.165, 1.54) is 17.4 Å². The summed E-state index contributed by atoms with van der Waals surface area (Å²) < 4.78 is 0. The predicted molar refractivity (Wildman–Crippen MR) is 72.7 cm³/mol. The lowest BCUT2D eigenvalue weighted by molar-refractivity contribution is -0.114. The molecule has 0 radical (unpaired) electrons. The first kappa shape index (κ1) is 11.9. The zero-order valence-electron chi connectivity index (χ0n) is 11.1. The number of rotatable bonds is 1. The number of carbonyl (C=O) groups excluding carboxylic acids is 1. The third-order valence-corrected chi connectivity index (χ3v) is 5.03. The fraction of sp³-hybridized carbons (Fsp3) is 0.562. The van der Waals surface area contributed by atoms with Crippen LogP contribution in [0.15, 0.2) is 24.3 Å². The van der Waals surface area contributed by atoms with Gasteiger partial charge in [0.05, 0.1) is 0 Å². The fourth-order valence-corrected chi connectivity index (χ4v) is 3.87. The maximum absolute atomic E-state index is 11.5. The summed E-state index contributed by atoms with van der Waals surface area (Å²) in [5.74, 6) is 0.223. The first-order valence-electron chi connectivity index (χ1n) is 6.98. The van der Waals surface area contributed by atoms with Crippen LogP contribution in [-0.2, 0) is 16.6 Å². The van der Waals surface area contributed by atoms with E-state index >= 15 is 0 Å². The van der Waals surface area contributed by atoms with Crippen LogP contribution in [0.2, 0.25) is 0 Å². The average Bonchev–Trinajstić information content (AvgIpc) is 2.42. The summed E-state index contributed by atoms with van der Waals surface area (Å²) in [6, 6.07) is 8.77. The highest BCUT2D eigenvalue weighted by Crippen LogP contribution is 2.47. The van der Waals surface area contributed by atoms with Gasteiger partial charge < -0.3 is 9.69 Å². The minimum absolute atomic E-state index is 0.128. The zero-order chi connectivity index (χ0) is 12.6. The molecule has 96 valence electrons. The highest BCUT2D eigenvalue weighted by atomic mass is 16.1. The molecule has 1 fully saturated rings. The molecule has 1 aliphatic heterocycles. The van der Waals surface area contributed by atoms with Gasteiger partial charge in [0.25, 0.3) is 0 Å². The van der Waals surface area contributed by atoms with E-state index in [9.17, 15) is 4.79 Å². The molecule has 0 N–H and O–H groups in total. The van der Waals surface area contributed by atoms with Crippen molar-refractivity contribution in [1.82, 2.24) is 4.90 Å². The number of carbonyl (C=O) groups is 1. The van der Waals surface area contributed by atoms with Gasteiger partial charge in [-0.1, -0.05) is 24.3 Å². The molecule has 1 heterocycles. The van der Waals surface area contributed by atoms with Crippen molar-refractivity contribution in [3.05, 3.63) is 35.4 Å². The Morgan fingerprint density at radius 3 is 2.72 bits per heavy atom. The number of benzene rings is 1. The summed E-state index contributed by atoms with van der Waals surface area (Å²) in [5, 5.41) is 0. The molecule has 1 atom stereocenters.